The van der Waals surface area contributed by atoms with Crippen LogP contribution in [0.3, 0.4) is 0 Å². The Morgan fingerprint density at radius 3 is 2.60 bits per heavy atom. The number of halogens is 3. The minimum absolute atomic E-state index is 0.595. The highest BCUT2D eigenvalue weighted by molar-refractivity contribution is 5.25. The molecule has 0 spiro atoms. The Morgan fingerprint density at radius 2 is 2.13 bits per heavy atom. The molecular weight excluding hydrogens is 205 g/mol. The van der Waals surface area contributed by atoms with Crippen LogP contribution in [0.15, 0.2) is 18.5 Å². The van der Waals surface area contributed by atoms with E-state index < -0.39 is 18.6 Å². The summed E-state index contributed by atoms with van der Waals surface area (Å²) >= 11 is 0. The maximum atomic E-state index is 12.2. The van der Waals surface area contributed by atoms with Gasteiger partial charge >= 0.3 is 6.18 Å². The molecule has 5 heteroatoms. The Kier molecular flexibility index (Phi) is 3.68. The minimum Gasteiger partial charge on any atom is -0.313 e. The lowest BCUT2D eigenvalue weighted by Gasteiger charge is -2.19. The predicted octanol–water partition coefficient (Wildman–Crippen LogP) is 2.60. The van der Waals surface area contributed by atoms with Gasteiger partial charge in [-0.25, -0.2) is 0 Å². The molecule has 1 atom stereocenters. The van der Waals surface area contributed by atoms with Crippen LogP contribution in [0.25, 0.3) is 0 Å². The normalized spacial score (nSPS) is 13.9. The van der Waals surface area contributed by atoms with Crippen LogP contribution in [0, 0.1) is 6.92 Å². The Hall–Kier alpha value is -1.10. The van der Waals surface area contributed by atoms with Crippen molar-refractivity contribution in [2.75, 3.05) is 7.05 Å². The second kappa shape index (κ2) is 4.61. The van der Waals surface area contributed by atoms with Gasteiger partial charge in [0.25, 0.3) is 0 Å². The molecule has 2 nitrogen and oxygen atoms in total. The summed E-state index contributed by atoms with van der Waals surface area (Å²) in [5.74, 6) is 0. The molecular formula is C10H13F3N2. The number of nitrogens with one attached hydrogen (secondary N) is 1. The highest BCUT2D eigenvalue weighted by Gasteiger charge is 2.32. The lowest BCUT2D eigenvalue weighted by Crippen LogP contribution is -2.24. The summed E-state index contributed by atoms with van der Waals surface area (Å²) in [5.41, 5.74) is 1.41. The van der Waals surface area contributed by atoms with Crippen molar-refractivity contribution >= 4 is 0 Å². The zero-order chi connectivity index (χ0) is 11.5. The van der Waals surface area contributed by atoms with Crippen LogP contribution in [0.1, 0.15) is 23.6 Å². The largest absolute Gasteiger partial charge is 0.390 e. The van der Waals surface area contributed by atoms with Gasteiger partial charge < -0.3 is 5.32 Å². The van der Waals surface area contributed by atoms with Crippen LogP contribution in [0.2, 0.25) is 0 Å². The van der Waals surface area contributed by atoms with E-state index in [1.165, 1.54) is 13.2 Å². The highest BCUT2D eigenvalue weighted by atomic mass is 19.4. The number of aromatic nitrogens is 1. The lowest BCUT2D eigenvalue weighted by molar-refractivity contribution is -0.140. The van der Waals surface area contributed by atoms with Gasteiger partial charge in [-0.15, -0.1) is 0 Å². The molecule has 1 unspecified atom stereocenters. The van der Waals surface area contributed by atoms with Crippen LogP contribution in [-0.4, -0.2) is 18.2 Å². The van der Waals surface area contributed by atoms with Gasteiger partial charge in [-0.1, -0.05) is 0 Å². The molecule has 0 bridgehead atoms. The molecule has 1 N–H and O–H groups in total. The third-order valence-electron chi connectivity index (χ3n) is 2.24. The maximum Gasteiger partial charge on any atom is 0.390 e. The Balaban J connectivity index is 2.88. The van der Waals surface area contributed by atoms with Gasteiger partial charge in [0.2, 0.25) is 0 Å². The number of pyridine rings is 1. The highest BCUT2D eigenvalue weighted by Crippen LogP contribution is 2.30. The van der Waals surface area contributed by atoms with Crippen molar-refractivity contribution in [1.82, 2.24) is 10.3 Å². The molecule has 0 aromatic carbocycles. The molecule has 1 aromatic rings. The fraction of sp³-hybridized carbons (Fsp3) is 0.500. The molecule has 15 heavy (non-hydrogen) atoms. The van der Waals surface area contributed by atoms with Crippen LogP contribution in [0.4, 0.5) is 13.2 Å². The van der Waals surface area contributed by atoms with Crippen molar-refractivity contribution in [3.8, 4) is 0 Å². The molecule has 84 valence electrons. The number of hydrogen-bond acceptors (Lipinski definition) is 2. The fourth-order valence-electron chi connectivity index (χ4n) is 1.44. The van der Waals surface area contributed by atoms with E-state index in [1.54, 1.807) is 19.2 Å². The first-order valence-corrected chi connectivity index (χ1v) is 4.58. The molecule has 0 fully saturated rings. The monoisotopic (exact) mass is 218 g/mol. The van der Waals surface area contributed by atoms with Gasteiger partial charge in [-0.05, 0) is 31.2 Å². The number of alkyl halides is 3. The first kappa shape index (κ1) is 12.0. The predicted molar refractivity (Wildman–Crippen MR) is 51.4 cm³/mol. The molecule has 0 amide bonds. The van der Waals surface area contributed by atoms with E-state index in [0.717, 1.165) is 5.56 Å². The summed E-state index contributed by atoms with van der Waals surface area (Å²) < 4.78 is 36.7. The van der Waals surface area contributed by atoms with Gasteiger partial charge in [-0.3, -0.25) is 4.98 Å². The van der Waals surface area contributed by atoms with Gasteiger partial charge in [0.1, 0.15) is 0 Å². The Bertz CT molecular complexity index is 323. The topological polar surface area (TPSA) is 24.9 Å². The zero-order valence-electron chi connectivity index (χ0n) is 8.60. The number of hydrogen-bond donors (Lipinski definition) is 1. The van der Waals surface area contributed by atoms with E-state index in [0.29, 0.717) is 5.56 Å². The van der Waals surface area contributed by atoms with E-state index in [1.807, 2.05) is 0 Å². The van der Waals surface area contributed by atoms with Crippen LogP contribution in [-0.2, 0) is 0 Å². The summed E-state index contributed by atoms with van der Waals surface area (Å²) in [5, 5.41) is 2.66. The molecule has 1 heterocycles. The van der Waals surface area contributed by atoms with Crippen LogP contribution < -0.4 is 5.32 Å². The smallest absolute Gasteiger partial charge is 0.313 e. The number of aryl methyl sites for hydroxylation is 1. The third-order valence-corrected chi connectivity index (χ3v) is 2.24. The number of rotatable bonds is 3. The lowest BCUT2D eigenvalue weighted by atomic mass is 10.0. The SMILES string of the molecule is CNC(CC(F)(F)F)c1cnccc1C. The van der Waals surface area contributed by atoms with Crippen molar-refractivity contribution in [1.29, 1.82) is 0 Å². The van der Waals surface area contributed by atoms with Gasteiger partial charge in [0.15, 0.2) is 0 Å². The quantitative estimate of drug-likeness (QED) is 0.843. The molecule has 0 aliphatic heterocycles. The summed E-state index contributed by atoms with van der Waals surface area (Å²) in [6.45, 7) is 1.78. The van der Waals surface area contributed by atoms with Crippen LogP contribution in [0.5, 0.6) is 0 Å². The van der Waals surface area contributed by atoms with E-state index in [4.69, 9.17) is 0 Å². The Morgan fingerprint density at radius 1 is 1.47 bits per heavy atom. The summed E-state index contributed by atoms with van der Waals surface area (Å²) in [6, 6.07) is 0.981. The third kappa shape index (κ3) is 3.51. The standard InChI is InChI=1S/C10H13F3N2/c1-7-3-4-15-6-8(7)9(14-2)5-10(11,12)13/h3-4,6,9,14H,5H2,1-2H3. The molecule has 0 aliphatic rings. The first-order valence-electron chi connectivity index (χ1n) is 4.58. The molecule has 0 saturated heterocycles. The average Bonchev–Trinajstić information content (AvgIpc) is 2.14. The molecule has 1 rings (SSSR count). The van der Waals surface area contributed by atoms with E-state index in [9.17, 15) is 13.2 Å². The van der Waals surface area contributed by atoms with Gasteiger partial charge in [0, 0.05) is 18.4 Å². The number of nitrogens with zero attached hydrogens (tertiary/aromatic N) is 1. The molecule has 1 aromatic heterocycles. The van der Waals surface area contributed by atoms with E-state index in [2.05, 4.69) is 10.3 Å². The van der Waals surface area contributed by atoms with E-state index in [-0.39, 0.29) is 0 Å². The second-order valence-corrected chi connectivity index (χ2v) is 3.39. The zero-order valence-corrected chi connectivity index (χ0v) is 8.60. The van der Waals surface area contributed by atoms with Crippen molar-refractivity contribution < 1.29 is 13.2 Å². The van der Waals surface area contributed by atoms with Crippen molar-refractivity contribution in [3.63, 3.8) is 0 Å². The molecule has 0 saturated carbocycles. The average molecular weight is 218 g/mol. The van der Waals surface area contributed by atoms with E-state index >= 15 is 0 Å². The summed E-state index contributed by atoms with van der Waals surface area (Å²) in [4.78, 5) is 3.84. The van der Waals surface area contributed by atoms with Crippen molar-refractivity contribution in [2.45, 2.75) is 25.6 Å². The first-order chi connectivity index (χ1) is 6.94. The van der Waals surface area contributed by atoms with Crippen molar-refractivity contribution in [3.05, 3.63) is 29.6 Å². The van der Waals surface area contributed by atoms with Gasteiger partial charge in [0.05, 0.1) is 6.42 Å². The second-order valence-electron chi connectivity index (χ2n) is 3.39. The summed E-state index contributed by atoms with van der Waals surface area (Å²) in [7, 11) is 1.52. The molecule has 0 aliphatic carbocycles. The van der Waals surface area contributed by atoms with Crippen molar-refractivity contribution in [2.24, 2.45) is 0 Å². The molecule has 0 radical (unpaired) electrons. The summed E-state index contributed by atoms with van der Waals surface area (Å²) in [6.07, 6.45) is -2.01. The minimum atomic E-state index is -4.17. The Labute approximate surface area is 86.5 Å². The maximum absolute atomic E-state index is 12.2. The fourth-order valence-corrected chi connectivity index (χ4v) is 1.44. The van der Waals surface area contributed by atoms with Crippen LogP contribution >= 0.6 is 0 Å². The van der Waals surface area contributed by atoms with Gasteiger partial charge in [-0.2, -0.15) is 13.2 Å².